The largest absolute Gasteiger partial charge is 0.491 e. The molecule has 1 nitrogen and oxygen atoms in total. The Balaban J connectivity index is 1.71. The Morgan fingerprint density at radius 1 is 0.733 bits per heavy atom. The van der Waals surface area contributed by atoms with E-state index in [0.717, 1.165) is 29.5 Å². The van der Waals surface area contributed by atoms with Crippen LogP contribution in [0.1, 0.15) is 48.9 Å². The number of ether oxygens (including phenoxy) is 1. The molecule has 0 spiro atoms. The summed E-state index contributed by atoms with van der Waals surface area (Å²) in [5.41, 5.74) is 4.38. The predicted octanol–water partition coefficient (Wildman–Crippen LogP) is 7.57. The van der Waals surface area contributed by atoms with E-state index in [1.807, 2.05) is 24.3 Å². The first-order chi connectivity index (χ1) is 14.5. The normalized spacial score (nSPS) is 11.1. The summed E-state index contributed by atoms with van der Waals surface area (Å²) < 4.78 is 46.4. The van der Waals surface area contributed by atoms with Gasteiger partial charge in [-0.05, 0) is 60.1 Å². The van der Waals surface area contributed by atoms with Crippen molar-refractivity contribution in [1.29, 1.82) is 0 Å². The van der Waals surface area contributed by atoms with Crippen LogP contribution in [0, 0.1) is 5.82 Å². The molecule has 3 aromatic rings. The van der Waals surface area contributed by atoms with Gasteiger partial charge in [-0.25, -0.2) is 13.2 Å². The van der Waals surface area contributed by atoms with Gasteiger partial charge in [0.1, 0.15) is 0 Å². The van der Waals surface area contributed by atoms with E-state index in [4.69, 9.17) is 4.74 Å². The Bertz CT molecular complexity index is 947. The van der Waals surface area contributed by atoms with Crippen LogP contribution in [0.4, 0.5) is 13.2 Å². The summed E-state index contributed by atoms with van der Waals surface area (Å²) in [7, 11) is 0. The van der Waals surface area contributed by atoms with Crippen LogP contribution in [0.3, 0.4) is 0 Å². The average molecular weight is 412 g/mol. The van der Waals surface area contributed by atoms with Crippen LogP contribution in [0.25, 0.3) is 11.1 Å². The second kappa shape index (κ2) is 10.3. The molecule has 158 valence electrons. The number of alkyl halides is 2. The van der Waals surface area contributed by atoms with Crippen LogP contribution in [0.2, 0.25) is 0 Å². The molecule has 0 N–H and O–H groups in total. The highest BCUT2D eigenvalue weighted by Crippen LogP contribution is 2.32. The number of benzene rings is 3. The van der Waals surface area contributed by atoms with Crippen molar-refractivity contribution >= 4 is 0 Å². The SMILES string of the molecule is CCCc1ccc(-c2ccc(CCc3ccc(OCC)c(F)c3C(F)F)cc2)cc1. The van der Waals surface area contributed by atoms with Gasteiger partial charge in [0, 0.05) is 0 Å². The van der Waals surface area contributed by atoms with Crippen molar-refractivity contribution in [2.45, 2.75) is 46.0 Å². The molecule has 30 heavy (non-hydrogen) atoms. The lowest BCUT2D eigenvalue weighted by Gasteiger charge is -2.14. The summed E-state index contributed by atoms with van der Waals surface area (Å²) in [4.78, 5) is 0. The summed E-state index contributed by atoms with van der Waals surface area (Å²) >= 11 is 0. The van der Waals surface area contributed by atoms with Gasteiger partial charge in [-0.2, -0.15) is 0 Å². The Hall–Kier alpha value is -2.75. The van der Waals surface area contributed by atoms with Gasteiger partial charge < -0.3 is 4.74 Å². The summed E-state index contributed by atoms with van der Waals surface area (Å²) in [6, 6.07) is 19.6. The molecule has 0 bridgehead atoms. The third-order valence-corrected chi connectivity index (χ3v) is 5.22. The van der Waals surface area contributed by atoms with E-state index < -0.39 is 17.8 Å². The second-order valence-electron chi connectivity index (χ2n) is 7.33. The molecule has 0 aliphatic rings. The molecule has 0 aliphatic heterocycles. The third-order valence-electron chi connectivity index (χ3n) is 5.22. The smallest absolute Gasteiger partial charge is 0.267 e. The fourth-order valence-corrected chi connectivity index (χ4v) is 3.63. The van der Waals surface area contributed by atoms with E-state index in [2.05, 4.69) is 31.2 Å². The molecular formula is C26H27F3O. The molecular weight excluding hydrogens is 385 g/mol. The molecule has 0 saturated heterocycles. The van der Waals surface area contributed by atoms with Gasteiger partial charge in [0.05, 0.1) is 12.2 Å². The van der Waals surface area contributed by atoms with Crippen LogP contribution in [0.5, 0.6) is 5.75 Å². The van der Waals surface area contributed by atoms with Crippen LogP contribution in [-0.2, 0) is 19.3 Å². The van der Waals surface area contributed by atoms with Crippen LogP contribution in [-0.4, -0.2) is 6.61 Å². The van der Waals surface area contributed by atoms with Crippen molar-refractivity contribution < 1.29 is 17.9 Å². The topological polar surface area (TPSA) is 9.23 Å². The highest BCUT2D eigenvalue weighted by molar-refractivity contribution is 5.64. The van der Waals surface area contributed by atoms with E-state index in [1.165, 1.54) is 11.6 Å². The van der Waals surface area contributed by atoms with Crippen molar-refractivity contribution in [2.24, 2.45) is 0 Å². The Labute approximate surface area is 176 Å². The van der Waals surface area contributed by atoms with Crippen LogP contribution < -0.4 is 4.74 Å². The quantitative estimate of drug-likeness (QED) is 0.352. The summed E-state index contributed by atoms with van der Waals surface area (Å²) in [5.74, 6) is -1.07. The van der Waals surface area contributed by atoms with E-state index in [9.17, 15) is 13.2 Å². The fraction of sp³-hybridized carbons (Fsp3) is 0.308. The zero-order chi connectivity index (χ0) is 21.5. The zero-order valence-electron chi connectivity index (χ0n) is 17.4. The lowest BCUT2D eigenvalue weighted by molar-refractivity contribution is 0.143. The minimum absolute atomic E-state index is 0.120. The minimum Gasteiger partial charge on any atom is -0.491 e. The fourth-order valence-electron chi connectivity index (χ4n) is 3.63. The molecule has 0 radical (unpaired) electrons. The molecule has 3 aromatic carbocycles. The molecule has 0 unspecified atom stereocenters. The van der Waals surface area contributed by atoms with E-state index in [0.29, 0.717) is 18.4 Å². The van der Waals surface area contributed by atoms with Crippen LogP contribution >= 0.6 is 0 Å². The molecule has 0 heterocycles. The number of rotatable bonds is 9. The van der Waals surface area contributed by atoms with E-state index >= 15 is 0 Å². The molecule has 0 aliphatic carbocycles. The van der Waals surface area contributed by atoms with Crippen molar-refractivity contribution in [2.75, 3.05) is 6.61 Å². The number of halogens is 3. The predicted molar refractivity (Wildman–Crippen MR) is 116 cm³/mol. The van der Waals surface area contributed by atoms with Gasteiger partial charge in [-0.1, -0.05) is 67.9 Å². The number of hydrogen-bond donors (Lipinski definition) is 0. The van der Waals surface area contributed by atoms with Gasteiger partial charge in [0.15, 0.2) is 11.6 Å². The Morgan fingerprint density at radius 3 is 1.80 bits per heavy atom. The molecule has 3 rings (SSSR count). The second-order valence-corrected chi connectivity index (χ2v) is 7.33. The first-order valence-electron chi connectivity index (χ1n) is 10.4. The van der Waals surface area contributed by atoms with Gasteiger partial charge in [0.25, 0.3) is 6.43 Å². The third kappa shape index (κ3) is 5.24. The van der Waals surface area contributed by atoms with Crippen molar-refractivity contribution in [3.8, 4) is 16.9 Å². The van der Waals surface area contributed by atoms with Gasteiger partial charge >= 0.3 is 0 Å². The lowest BCUT2D eigenvalue weighted by atomic mass is 9.97. The summed E-state index contributed by atoms with van der Waals surface area (Å²) in [5, 5.41) is 0. The Morgan fingerprint density at radius 2 is 1.30 bits per heavy atom. The van der Waals surface area contributed by atoms with Gasteiger partial charge in [-0.15, -0.1) is 0 Å². The van der Waals surface area contributed by atoms with Gasteiger partial charge in [-0.3, -0.25) is 0 Å². The first kappa shape index (κ1) is 21.9. The lowest BCUT2D eigenvalue weighted by Crippen LogP contribution is -2.04. The average Bonchev–Trinajstić information content (AvgIpc) is 2.75. The number of hydrogen-bond acceptors (Lipinski definition) is 1. The number of aryl methyl sites for hydroxylation is 3. The Kier molecular flexibility index (Phi) is 7.56. The van der Waals surface area contributed by atoms with Crippen molar-refractivity contribution in [3.05, 3.63) is 88.7 Å². The van der Waals surface area contributed by atoms with Crippen LogP contribution in [0.15, 0.2) is 60.7 Å². The highest BCUT2D eigenvalue weighted by atomic mass is 19.3. The maximum Gasteiger partial charge on any atom is 0.267 e. The molecule has 0 amide bonds. The van der Waals surface area contributed by atoms with Crippen molar-refractivity contribution in [1.82, 2.24) is 0 Å². The molecule has 0 aromatic heterocycles. The maximum absolute atomic E-state index is 14.4. The highest BCUT2D eigenvalue weighted by Gasteiger charge is 2.22. The van der Waals surface area contributed by atoms with Gasteiger partial charge in [0.2, 0.25) is 0 Å². The molecule has 4 heteroatoms. The van der Waals surface area contributed by atoms with Crippen molar-refractivity contribution in [3.63, 3.8) is 0 Å². The van der Waals surface area contributed by atoms with E-state index in [-0.39, 0.29) is 12.4 Å². The maximum atomic E-state index is 14.4. The summed E-state index contributed by atoms with van der Waals surface area (Å²) in [6.07, 6.45) is 0.223. The molecule has 0 fully saturated rings. The standard InChI is InChI=1S/C26H27F3O/c1-3-5-18-6-11-20(12-7-18)21-13-8-19(9-14-21)10-15-22-16-17-23(30-4-2)25(27)24(22)26(28)29/h6-9,11-14,16-17,26H,3-5,10,15H2,1-2H3. The molecule has 0 saturated carbocycles. The molecule has 0 atom stereocenters. The first-order valence-corrected chi connectivity index (χ1v) is 10.4. The van der Waals surface area contributed by atoms with E-state index in [1.54, 1.807) is 13.0 Å². The summed E-state index contributed by atoms with van der Waals surface area (Å²) in [6.45, 7) is 4.09. The monoisotopic (exact) mass is 412 g/mol. The minimum atomic E-state index is -2.88. The zero-order valence-corrected chi connectivity index (χ0v) is 17.4.